The zero-order valence-electron chi connectivity index (χ0n) is 17.5. The lowest BCUT2D eigenvalue weighted by molar-refractivity contribution is -0.137. The summed E-state index contributed by atoms with van der Waals surface area (Å²) in [7, 11) is 0. The van der Waals surface area contributed by atoms with E-state index in [-0.39, 0.29) is 41.0 Å². The summed E-state index contributed by atoms with van der Waals surface area (Å²) >= 11 is 5.86. The average molecular weight is 472 g/mol. The smallest absolute Gasteiger partial charge is 0.417 e. The Morgan fingerprint density at radius 2 is 1.94 bits per heavy atom. The second-order valence-corrected chi connectivity index (χ2v) is 8.30. The number of nitrogens with zero attached hydrogens (tertiary/aromatic N) is 3. The van der Waals surface area contributed by atoms with Crippen LogP contribution in [0.2, 0.25) is 5.02 Å². The largest absolute Gasteiger partial charge is 0.474 e. The van der Waals surface area contributed by atoms with Gasteiger partial charge in [0.15, 0.2) is 0 Å². The van der Waals surface area contributed by atoms with Crippen molar-refractivity contribution >= 4 is 29.4 Å². The van der Waals surface area contributed by atoms with Crippen LogP contribution in [0.4, 0.5) is 19.1 Å². The van der Waals surface area contributed by atoms with Crippen LogP contribution < -0.4 is 15.4 Å². The molecule has 1 saturated carbocycles. The molecule has 0 unspecified atom stereocenters. The molecule has 2 heterocycles. The van der Waals surface area contributed by atoms with E-state index in [0.717, 1.165) is 6.07 Å². The Labute approximate surface area is 186 Å². The minimum Gasteiger partial charge on any atom is -0.474 e. The molecule has 1 aliphatic rings. The molecule has 0 atom stereocenters. The van der Waals surface area contributed by atoms with Gasteiger partial charge >= 0.3 is 6.18 Å². The first-order valence-electron chi connectivity index (χ1n) is 9.73. The van der Waals surface area contributed by atoms with Crippen molar-refractivity contribution in [1.82, 2.24) is 20.3 Å². The van der Waals surface area contributed by atoms with Gasteiger partial charge in [-0.2, -0.15) is 13.2 Å². The molecule has 0 aromatic carbocycles. The summed E-state index contributed by atoms with van der Waals surface area (Å²) in [5.41, 5.74) is -1.14. The van der Waals surface area contributed by atoms with Gasteiger partial charge in [-0.3, -0.25) is 14.9 Å². The van der Waals surface area contributed by atoms with Gasteiger partial charge in [0.1, 0.15) is 17.3 Å². The highest BCUT2D eigenvalue weighted by atomic mass is 35.5. The third-order valence-electron chi connectivity index (χ3n) is 4.70. The van der Waals surface area contributed by atoms with E-state index in [0.29, 0.717) is 24.7 Å². The molecule has 0 saturated heterocycles. The molecule has 3 rings (SSSR count). The summed E-state index contributed by atoms with van der Waals surface area (Å²) in [5, 5.41) is 5.10. The summed E-state index contributed by atoms with van der Waals surface area (Å²) in [6.07, 6.45) is -2.74. The van der Waals surface area contributed by atoms with E-state index < -0.39 is 23.2 Å². The third-order valence-corrected chi connectivity index (χ3v) is 4.97. The molecule has 0 bridgehead atoms. The van der Waals surface area contributed by atoms with Crippen LogP contribution in [0.3, 0.4) is 0 Å². The van der Waals surface area contributed by atoms with E-state index in [9.17, 15) is 22.8 Å². The number of carbonyl (C=O) groups is 2. The molecule has 12 heteroatoms. The first-order chi connectivity index (χ1) is 14.9. The Kier molecular flexibility index (Phi) is 6.59. The van der Waals surface area contributed by atoms with Crippen LogP contribution >= 0.6 is 11.6 Å². The molecule has 8 nitrogen and oxygen atoms in total. The number of aromatic nitrogens is 3. The fraction of sp³-hybridized carbons (Fsp3) is 0.450. The number of halogens is 4. The number of nitrogens with one attached hydrogen (secondary N) is 2. The average Bonchev–Trinajstić information content (AvgIpc) is 3.45. The van der Waals surface area contributed by atoms with Crippen LogP contribution in [0.1, 0.15) is 48.4 Å². The molecule has 2 aromatic heterocycles. The third kappa shape index (κ3) is 5.84. The van der Waals surface area contributed by atoms with Crippen LogP contribution in [-0.2, 0) is 11.0 Å². The predicted octanol–water partition coefficient (Wildman–Crippen LogP) is 3.79. The van der Waals surface area contributed by atoms with Crippen molar-refractivity contribution in [2.24, 2.45) is 5.92 Å². The van der Waals surface area contributed by atoms with Gasteiger partial charge in [-0.1, -0.05) is 25.4 Å². The number of pyridine rings is 1. The molecule has 0 aliphatic heterocycles. The number of anilines is 1. The fourth-order valence-electron chi connectivity index (χ4n) is 2.65. The summed E-state index contributed by atoms with van der Waals surface area (Å²) in [6.45, 7) is 5.07. The van der Waals surface area contributed by atoms with Gasteiger partial charge in [0.25, 0.3) is 5.91 Å². The number of amides is 2. The highest BCUT2D eigenvalue weighted by Crippen LogP contribution is 2.38. The summed E-state index contributed by atoms with van der Waals surface area (Å²) in [4.78, 5) is 36.4. The molecule has 32 heavy (non-hydrogen) atoms. The standard InChI is InChI=1S/C20H21ClF3N5O3/c1-10(2)15(30)28-18-26-11(3)6-14(27-18)16(31)29-19(4-5-19)9-32-17-13(21)7-12(8-25-17)20(22,23)24/h6-8,10H,4-5,9H2,1-3H3,(H,29,31)(H,26,27,28,30). The van der Waals surface area contributed by atoms with E-state index in [1.165, 1.54) is 6.07 Å². The maximum absolute atomic E-state index is 12.7. The monoisotopic (exact) mass is 471 g/mol. The lowest BCUT2D eigenvalue weighted by Crippen LogP contribution is -2.42. The zero-order chi connectivity index (χ0) is 23.7. The van der Waals surface area contributed by atoms with E-state index >= 15 is 0 Å². The Morgan fingerprint density at radius 1 is 1.25 bits per heavy atom. The van der Waals surface area contributed by atoms with Crippen LogP contribution in [-0.4, -0.2) is 38.9 Å². The molecule has 1 fully saturated rings. The second kappa shape index (κ2) is 8.89. The van der Waals surface area contributed by atoms with Gasteiger partial charge in [0.2, 0.25) is 17.7 Å². The highest BCUT2D eigenvalue weighted by Gasteiger charge is 2.45. The van der Waals surface area contributed by atoms with E-state index in [1.807, 2.05) is 0 Å². The molecule has 1 aliphatic carbocycles. The molecule has 2 aromatic rings. The highest BCUT2D eigenvalue weighted by molar-refractivity contribution is 6.31. The number of carbonyl (C=O) groups excluding carboxylic acids is 2. The zero-order valence-corrected chi connectivity index (χ0v) is 18.3. The molecule has 0 spiro atoms. The minimum atomic E-state index is -4.57. The number of rotatable bonds is 7. The van der Waals surface area contributed by atoms with Gasteiger partial charge in [-0.25, -0.2) is 15.0 Å². The fourth-order valence-corrected chi connectivity index (χ4v) is 2.87. The van der Waals surface area contributed by atoms with Crippen molar-refractivity contribution in [3.63, 3.8) is 0 Å². The Bertz CT molecular complexity index is 1040. The van der Waals surface area contributed by atoms with E-state index in [1.54, 1.807) is 20.8 Å². The first kappa shape index (κ1) is 23.7. The Balaban J connectivity index is 1.66. The van der Waals surface area contributed by atoms with Gasteiger partial charge < -0.3 is 10.1 Å². The number of aryl methyl sites for hydroxylation is 1. The normalized spacial score (nSPS) is 14.8. The van der Waals surface area contributed by atoms with Gasteiger partial charge in [0, 0.05) is 17.8 Å². The molecule has 2 amide bonds. The Morgan fingerprint density at radius 3 is 2.50 bits per heavy atom. The van der Waals surface area contributed by atoms with Crippen molar-refractivity contribution in [2.45, 2.75) is 45.3 Å². The molecular formula is C20H21ClF3N5O3. The van der Waals surface area contributed by atoms with Crippen molar-refractivity contribution in [3.8, 4) is 5.88 Å². The van der Waals surface area contributed by atoms with Crippen LogP contribution in [0.25, 0.3) is 0 Å². The summed E-state index contributed by atoms with van der Waals surface area (Å²) in [6, 6.07) is 2.21. The van der Waals surface area contributed by atoms with Crippen LogP contribution in [0.15, 0.2) is 18.3 Å². The lowest BCUT2D eigenvalue weighted by atomic mass is 10.2. The van der Waals surface area contributed by atoms with Gasteiger partial charge in [-0.05, 0) is 31.9 Å². The van der Waals surface area contributed by atoms with Gasteiger partial charge in [0.05, 0.1) is 11.1 Å². The molecule has 172 valence electrons. The predicted molar refractivity (Wildman–Crippen MR) is 109 cm³/mol. The molecule has 0 radical (unpaired) electrons. The SMILES string of the molecule is Cc1cc(C(=O)NC2(COc3ncc(C(F)(F)F)cc3Cl)CC2)nc(NC(=O)C(C)C)n1. The van der Waals surface area contributed by atoms with E-state index in [2.05, 4.69) is 25.6 Å². The van der Waals surface area contributed by atoms with Crippen molar-refractivity contribution < 1.29 is 27.5 Å². The molecule has 2 N–H and O–H groups in total. The number of hydrogen-bond donors (Lipinski definition) is 2. The Hall–Kier alpha value is -2.95. The van der Waals surface area contributed by atoms with Crippen molar-refractivity contribution in [1.29, 1.82) is 0 Å². The maximum Gasteiger partial charge on any atom is 0.417 e. The summed E-state index contributed by atoms with van der Waals surface area (Å²) < 4.78 is 43.7. The maximum atomic E-state index is 12.7. The number of ether oxygens (including phenoxy) is 1. The second-order valence-electron chi connectivity index (χ2n) is 7.89. The van der Waals surface area contributed by atoms with E-state index in [4.69, 9.17) is 16.3 Å². The number of hydrogen-bond acceptors (Lipinski definition) is 6. The molecular weight excluding hydrogens is 451 g/mol. The quantitative estimate of drug-likeness (QED) is 0.636. The number of alkyl halides is 3. The van der Waals surface area contributed by atoms with Crippen LogP contribution in [0.5, 0.6) is 5.88 Å². The topological polar surface area (TPSA) is 106 Å². The van der Waals surface area contributed by atoms with Crippen molar-refractivity contribution in [3.05, 3.63) is 40.3 Å². The van der Waals surface area contributed by atoms with Gasteiger partial charge in [-0.15, -0.1) is 0 Å². The summed E-state index contributed by atoms with van der Waals surface area (Å²) in [5.74, 6) is -1.19. The first-order valence-corrected chi connectivity index (χ1v) is 10.1. The van der Waals surface area contributed by atoms with Crippen molar-refractivity contribution in [2.75, 3.05) is 11.9 Å². The lowest BCUT2D eigenvalue weighted by Gasteiger charge is -2.18. The van der Waals surface area contributed by atoms with Crippen LogP contribution in [0, 0.1) is 12.8 Å². The minimum absolute atomic E-state index is 0.0238.